The first-order valence-corrected chi connectivity index (χ1v) is 9.87. The van der Waals surface area contributed by atoms with Crippen molar-refractivity contribution in [1.29, 1.82) is 0 Å². The zero-order chi connectivity index (χ0) is 20.1. The minimum atomic E-state index is -3.79. The molecule has 2 heterocycles. The van der Waals surface area contributed by atoms with E-state index in [4.69, 9.17) is 0 Å². The number of aliphatic hydroxyl groups excluding tert-OH is 1. The fourth-order valence-electron chi connectivity index (χ4n) is 3.24. The van der Waals surface area contributed by atoms with Gasteiger partial charge < -0.3 is 10.2 Å². The second-order valence-corrected chi connectivity index (χ2v) is 8.76. The molecule has 1 aliphatic rings. The molecule has 27 heavy (non-hydrogen) atoms. The number of aliphatic hydroxyl groups is 1. The molecule has 1 atom stereocenters. The lowest BCUT2D eigenvalue weighted by molar-refractivity contribution is 0.0695. The molecular formula is C18H19FN2O5S. The van der Waals surface area contributed by atoms with Crippen LogP contribution in [-0.4, -0.2) is 42.4 Å². The van der Waals surface area contributed by atoms with E-state index in [-0.39, 0.29) is 34.1 Å². The molecule has 0 radical (unpaired) electrons. The molecular weight excluding hydrogens is 375 g/mol. The van der Waals surface area contributed by atoms with Crippen molar-refractivity contribution in [3.8, 4) is 11.1 Å². The number of nitrogens with zero attached hydrogens (tertiary/aromatic N) is 2. The Bertz CT molecular complexity index is 1020. The highest BCUT2D eigenvalue weighted by Gasteiger charge is 2.39. The highest BCUT2D eigenvalue weighted by atomic mass is 32.2. The summed E-state index contributed by atoms with van der Waals surface area (Å²) in [6, 6.07) is 5.16. The molecule has 0 saturated heterocycles. The van der Waals surface area contributed by atoms with Crippen molar-refractivity contribution in [2.75, 3.05) is 17.1 Å². The molecule has 3 rings (SSSR count). The number of rotatable bonds is 3. The standard InChI is InChI=1S/C18H19FN2O5S/c1-9(2)16-15(18(23)24)13(10-4-6-11(19)7-5-10)14-12(22)8-27(25,26)21(3)17(14)20-16/h4-7,9,12,22H,8H2,1-3H3,(H,23,24). The van der Waals surface area contributed by atoms with Crippen LogP contribution in [0.5, 0.6) is 0 Å². The average molecular weight is 394 g/mol. The molecule has 2 aromatic rings. The molecule has 0 saturated carbocycles. The van der Waals surface area contributed by atoms with Crippen LogP contribution >= 0.6 is 0 Å². The van der Waals surface area contributed by atoms with Crippen LogP contribution in [-0.2, 0) is 10.0 Å². The van der Waals surface area contributed by atoms with Gasteiger partial charge in [0.2, 0.25) is 10.0 Å². The van der Waals surface area contributed by atoms with E-state index in [1.54, 1.807) is 13.8 Å². The van der Waals surface area contributed by atoms with E-state index in [2.05, 4.69) is 4.98 Å². The number of fused-ring (bicyclic) bond motifs is 1. The number of sulfonamides is 1. The van der Waals surface area contributed by atoms with Crippen molar-refractivity contribution < 1.29 is 27.8 Å². The Kier molecular flexibility index (Phi) is 4.69. The Morgan fingerprint density at radius 2 is 1.89 bits per heavy atom. The number of hydrogen-bond acceptors (Lipinski definition) is 5. The first-order valence-electron chi connectivity index (χ1n) is 8.26. The highest BCUT2D eigenvalue weighted by Crippen LogP contribution is 2.43. The summed E-state index contributed by atoms with van der Waals surface area (Å²) in [7, 11) is -2.48. The van der Waals surface area contributed by atoms with E-state index in [0.717, 1.165) is 4.31 Å². The van der Waals surface area contributed by atoms with Gasteiger partial charge in [-0.1, -0.05) is 26.0 Å². The van der Waals surface area contributed by atoms with Crippen LogP contribution in [0.25, 0.3) is 11.1 Å². The number of hydrogen-bond donors (Lipinski definition) is 2. The van der Waals surface area contributed by atoms with Crippen LogP contribution < -0.4 is 4.31 Å². The van der Waals surface area contributed by atoms with Gasteiger partial charge in [-0.15, -0.1) is 0 Å². The zero-order valence-corrected chi connectivity index (χ0v) is 15.8. The zero-order valence-electron chi connectivity index (χ0n) is 15.0. The van der Waals surface area contributed by atoms with Crippen molar-refractivity contribution in [1.82, 2.24) is 4.98 Å². The van der Waals surface area contributed by atoms with Crippen molar-refractivity contribution in [2.45, 2.75) is 25.9 Å². The molecule has 1 aromatic heterocycles. The topological polar surface area (TPSA) is 108 Å². The number of carboxylic acids is 1. The molecule has 0 fully saturated rings. The van der Waals surface area contributed by atoms with E-state index < -0.39 is 33.7 Å². The first kappa shape index (κ1) is 19.2. The highest BCUT2D eigenvalue weighted by molar-refractivity contribution is 7.92. The Labute approximate surface area is 156 Å². The lowest BCUT2D eigenvalue weighted by Crippen LogP contribution is -2.38. The average Bonchev–Trinajstić information content (AvgIpc) is 2.58. The molecule has 0 amide bonds. The summed E-state index contributed by atoms with van der Waals surface area (Å²) in [6.07, 6.45) is -1.45. The number of aromatic nitrogens is 1. The van der Waals surface area contributed by atoms with Crippen LogP contribution in [0.1, 0.15) is 47.5 Å². The minimum Gasteiger partial charge on any atom is -0.478 e. The van der Waals surface area contributed by atoms with E-state index in [1.165, 1.54) is 31.3 Å². The van der Waals surface area contributed by atoms with Crippen LogP contribution in [0.15, 0.2) is 24.3 Å². The number of halogens is 1. The summed E-state index contributed by atoms with van der Waals surface area (Å²) in [6.45, 7) is 3.48. The normalized spacial score (nSPS) is 18.4. The molecule has 144 valence electrons. The van der Waals surface area contributed by atoms with E-state index >= 15 is 0 Å². The van der Waals surface area contributed by atoms with Gasteiger partial charge in [0.25, 0.3) is 0 Å². The van der Waals surface area contributed by atoms with Gasteiger partial charge in [-0.3, -0.25) is 4.31 Å². The quantitative estimate of drug-likeness (QED) is 0.828. The number of anilines is 1. The Balaban J connectivity index is 2.49. The van der Waals surface area contributed by atoms with Gasteiger partial charge in [-0.05, 0) is 23.6 Å². The van der Waals surface area contributed by atoms with Gasteiger partial charge in [0, 0.05) is 18.2 Å². The monoisotopic (exact) mass is 394 g/mol. The molecule has 1 aromatic carbocycles. The van der Waals surface area contributed by atoms with E-state index in [0.29, 0.717) is 5.56 Å². The molecule has 1 unspecified atom stereocenters. The van der Waals surface area contributed by atoms with Gasteiger partial charge in [0.05, 0.1) is 23.1 Å². The van der Waals surface area contributed by atoms with E-state index in [9.17, 15) is 27.8 Å². The maximum Gasteiger partial charge on any atom is 0.338 e. The van der Waals surface area contributed by atoms with Gasteiger partial charge in [-0.2, -0.15) is 0 Å². The van der Waals surface area contributed by atoms with Crippen molar-refractivity contribution in [3.05, 3.63) is 46.9 Å². The third-order valence-electron chi connectivity index (χ3n) is 4.55. The van der Waals surface area contributed by atoms with Gasteiger partial charge in [-0.25, -0.2) is 22.6 Å². The third kappa shape index (κ3) is 3.17. The molecule has 0 spiro atoms. The summed E-state index contributed by atoms with van der Waals surface area (Å²) in [5.41, 5.74) is 0.700. The number of carboxylic acid groups (broad SMARTS) is 1. The maximum absolute atomic E-state index is 13.4. The van der Waals surface area contributed by atoms with Crippen LogP contribution in [0, 0.1) is 5.82 Å². The van der Waals surface area contributed by atoms with Gasteiger partial charge in [0.15, 0.2) is 0 Å². The Hall–Kier alpha value is -2.52. The number of benzene rings is 1. The summed E-state index contributed by atoms with van der Waals surface area (Å²) in [5, 5.41) is 20.4. The fraction of sp³-hybridized carbons (Fsp3) is 0.333. The summed E-state index contributed by atoms with van der Waals surface area (Å²) < 4.78 is 39.0. The number of pyridine rings is 1. The summed E-state index contributed by atoms with van der Waals surface area (Å²) >= 11 is 0. The smallest absolute Gasteiger partial charge is 0.338 e. The second-order valence-electron chi connectivity index (χ2n) is 6.71. The Morgan fingerprint density at radius 3 is 2.41 bits per heavy atom. The molecule has 2 N–H and O–H groups in total. The van der Waals surface area contributed by atoms with Crippen molar-refractivity contribution in [3.63, 3.8) is 0 Å². The number of aromatic carboxylic acids is 1. The van der Waals surface area contributed by atoms with E-state index in [1.807, 2.05) is 0 Å². The Morgan fingerprint density at radius 1 is 1.30 bits per heavy atom. The summed E-state index contributed by atoms with van der Waals surface area (Å²) in [4.78, 5) is 16.4. The van der Waals surface area contributed by atoms with Crippen LogP contribution in [0.3, 0.4) is 0 Å². The largest absolute Gasteiger partial charge is 0.478 e. The SMILES string of the molecule is CC(C)c1nc2c(c(-c3ccc(F)cc3)c1C(=O)O)C(O)CS(=O)(=O)N2C. The number of carbonyl (C=O) groups is 1. The predicted octanol–water partition coefficient (Wildman–Crippen LogP) is 2.52. The second kappa shape index (κ2) is 6.58. The molecule has 0 bridgehead atoms. The van der Waals surface area contributed by atoms with Crippen LogP contribution in [0.4, 0.5) is 10.2 Å². The lowest BCUT2D eigenvalue weighted by Gasteiger charge is -2.33. The maximum atomic E-state index is 13.4. The predicted molar refractivity (Wildman–Crippen MR) is 97.8 cm³/mol. The molecule has 1 aliphatic heterocycles. The minimum absolute atomic E-state index is 0.0122. The lowest BCUT2D eigenvalue weighted by atomic mass is 9.88. The molecule has 0 aliphatic carbocycles. The fourth-order valence-corrected chi connectivity index (χ4v) is 4.43. The molecule has 9 heteroatoms. The molecule has 7 nitrogen and oxygen atoms in total. The van der Waals surface area contributed by atoms with Gasteiger partial charge >= 0.3 is 5.97 Å². The van der Waals surface area contributed by atoms with Crippen LogP contribution in [0.2, 0.25) is 0 Å². The van der Waals surface area contributed by atoms with Gasteiger partial charge in [0.1, 0.15) is 11.6 Å². The summed E-state index contributed by atoms with van der Waals surface area (Å²) in [5.74, 6) is -2.68. The first-order chi connectivity index (χ1) is 12.5. The third-order valence-corrected chi connectivity index (χ3v) is 6.30. The van der Waals surface area contributed by atoms with Crippen molar-refractivity contribution in [2.24, 2.45) is 0 Å². The van der Waals surface area contributed by atoms with Crippen molar-refractivity contribution >= 4 is 21.8 Å².